The van der Waals surface area contributed by atoms with E-state index in [-0.39, 0.29) is 5.91 Å². The van der Waals surface area contributed by atoms with Gasteiger partial charge in [0.15, 0.2) is 0 Å². The van der Waals surface area contributed by atoms with E-state index in [0.29, 0.717) is 25.9 Å². The summed E-state index contributed by atoms with van der Waals surface area (Å²) >= 11 is 0. The van der Waals surface area contributed by atoms with Crippen LogP contribution in [0.2, 0.25) is 0 Å². The predicted octanol–water partition coefficient (Wildman–Crippen LogP) is 3.30. The number of amides is 2. The fourth-order valence-corrected chi connectivity index (χ4v) is 2.34. The lowest BCUT2D eigenvalue weighted by atomic mass is 9.97. The molecule has 0 atom stereocenters. The summed E-state index contributed by atoms with van der Waals surface area (Å²) in [5.41, 5.74) is 0.980. The number of carbonyl (C=O) groups excluding carboxylic acids is 2. The van der Waals surface area contributed by atoms with Crippen molar-refractivity contribution >= 4 is 12.0 Å². The first kappa shape index (κ1) is 18.5. The molecule has 2 N–H and O–H groups in total. The lowest BCUT2D eigenvalue weighted by molar-refractivity contribution is -0.121. The molecule has 1 aliphatic rings. The first-order chi connectivity index (χ1) is 10.4. The highest BCUT2D eigenvalue weighted by atomic mass is 16.6. The van der Waals surface area contributed by atoms with Crippen LogP contribution in [0.15, 0.2) is 11.6 Å². The van der Waals surface area contributed by atoms with E-state index in [4.69, 9.17) is 4.74 Å². The minimum atomic E-state index is -0.491. The van der Waals surface area contributed by atoms with E-state index in [9.17, 15) is 9.59 Å². The number of nitrogens with one attached hydrogen (secondary N) is 2. The number of hydrogen-bond acceptors (Lipinski definition) is 3. The standard InChI is InChI=1S/C17H30N2O3/c1-17(2,3)22-16(21)19-12-7-10-15(20)18-13-11-14-8-5-4-6-9-14/h8H,4-7,9-13H2,1-3H3,(H,18,20)(H,19,21). The molecule has 0 radical (unpaired) electrons. The van der Waals surface area contributed by atoms with Crippen LogP contribution in [0.25, 0.3) is 0 Å². The zero-order valence-corrected chi connectivity index (χ0v) is 14.2. The third kappa shape index (κ3) is 9.42. The molecule has 0 aromatic heterocycles. The third-order valence-corrected chi connectivity index (χ3v) is 3.40. The lowest BCUT2D eigenvalue weighted by Gasteiger charge is -2.19. The van der Waals surface area contributed by atoms with Gasteiger partial charge in [0, 0.05) is 19.5 Å². The number of rotatable bonds is 7. The highest BCUT2D eigenvalue weighted by Gasteiger charge is 2.15. The summed E-state index contributed by atoms with van der Waals surface area (Å²) in [4.78, 5) is 23.1. The van der Waals surface area contributed by atoms with E-state index in [1.54, 1.807) is 0 Å². The van der Waals surface area contributed by atoms with E-state index in [0.717, 1.165) is 6.42 Å². The van der Waals surface area contributed by atoms with Gasteiger partial charge in [-0.05, 0) is 59.3 Å². The summed E-state index contributed by atoms with van der Waals surface area (Å²) in [7, 11) is 0. The van der Waals surface area contributed by atoms with Gasteiger partial charge >= 0.3 is 6.09 Å². The van der Waals surface area contributed by atoms with Crippen molar-refractivity contribution in [1.82, 2.24) is 10.6 Å². The van der Waals surface area contributed by atoms with Crippen LogP contribution in [0.3, 0.4) is 0 Å². The fourth-order valence-electron chi connectivity index (χ4n) is 2.34. The van der Waals surface area contributed by atoms with Gasteiger partial charge in [-0.25, -0.2) is 4.79 Å². The maximum atomic E-state index is 11.7. The van der Waals surface area contributed by atoms with Gasteiger partial charge in [-0.2, -0.15) is 0 Å². The quantitative estimate of drug-likeness (QED) is 0.560. The van der Waals surface area contributed by atoms with E-state index in [1.165, 1.54) is 31.3 Å². The topological polar surface area (TPSA) is 67.4 Å². The van der Waals surface area contributed by atoms with Crippen LogP contribution in [0.5, 0.6) is 0 Å². The molecule has 0 aliphatic heterocycles. The van der Waals surface area contributed by atoms with Crippen LogP contribution in [-0.2, 0) is 9.53 Å². The Labute approximate surface area is 133 Å². The largest absolute Gasteiger partial charge is 0.444 e. The molecule has 0 spiro atoms. The van der Waals surface area contributed by atoms with Crippen LogP contribution in [0.1, 0.15) is 65.7 Å². The Morgan fingerprint density at radius 1 is 1.18 bits per heavy atom. The first-order valence-electron chi connectivity index (χ1n) is 8.28. The molecule has 0 bridgehead atoms. The normalized spacial score (nSPS) is 15.0. The maximum Gasteiger partial charge on any atom is 0.407 e. The number of alkyl carbamates (subject to hydrolysis) is 1. The van der Waals surface area contributed by atoms with E-state index < -0.39 is 11.7 Å². The van der Waals surface area contributed by atoms with Crippen LogP contribution in [-0.4, -0.2) is 30.7 Å². The average molecular weight is 310 g/mol. The van der Waals surface area contributed by atoms with E-state index in [1.807, 2.05) is 20.8 Å². The third-order valence-electron chi connectivity index (χ3n) is 3.40. The SMILES string of the molecule is CC(C)(C)OC(=O)NCCCC(=O)NCCC1=CCCCC1. The molecule has 0 heterocycles. The van der Waals surface area contributed by atoms with Crippen molar-refractivity contribution in [2.75, 3.05) is 13.1 Å². The highest BCUT2D eigenvalue weighted by molar-refractivity contribution is 5.76. The first-order valence-corrected chi connectivity index (χ1v) is 8.28. The van der Waals surface area contributed by atoms with Gasteiger partial charge < -0.3 is 15.4 Å². The van der Waals surface area contributed by atoms with Gasteiger partial charge in [0.1, 0.15) is 5.60 Å². The van der Waals surface area contributed by atoms with E-state index in [2.05, 4.69) is 16.7 Å². The van der Waals surface area contributed by atoms with Gasteiger partial charge in [-0.1, -0.05) is 11.6 Å². The highest BCUT2D eigenvalue weighted by Crippen LogP contribution is 2.19. The molecule has 0 saturated heterocycles. The van der Waals surface area contributed by atoms with Crippen LogP contribution in [0.4, 0.5) is 4.79 Å². The van der Waals surface area contributed by atoms with Crippen molar-refractivity contribution in [3.63, 3.8) is 0 Å². The predicted molar refractivity (Wildman–Crippen MR) is 87.6 cm³/mol. The van der Waals surface area contributed by atoms with Gasteiger partial charge in [0.2, 0.25) is 5.91 Å². The lowest BCUT2D eigenvalue weighted by Crippen LogP contribution is -2.33. The second kappa shape index (κ2) is 9.49. The fraction of sp³-hybridized carbons (Fsp3) is 0.765. The molecular weight excluding hydrogens is 280 g/mol. The van der Waals surface area contributed by atoms with Crippen molar-refractivity contribution < 1.29 is 14.3 Å². The van der Waals surface area contributed by atoms with Crippen molar-refractivity contribution in [3.05, 3.63) is 11.6 Å². The Morgan fingerprint density at radius 2 is 1.95 bits per heavy atom. The van der Waals surface area contributed by atoms with Crippen molar-refractivity contribution in [3.8, 4) is 0 Å². The van der Waals surface area contributed by atoms with Crippen molar-refractivity contribution in [2.24, 2.45) is 0 Å². The molecule has 0 fully saturated rings. The molecule has 0 saturated carbocycles. The minimum Gasteiger partial charge on any atom is -0.444 e. The minimum absolute atomic E-state index is 0.0439. The number of hydrogen-bond donors (Lipinski definition) is 2. The molecule has 1 rings (SSSR count). The molecule has 0 aromatic carbocycles. The molecular formula is C17H30N2O3. The van der Waals surface area contributed by atoms with Gasteiger partial charge in [0.05, 0.1) is 0 Å². The summed E-state index contributed by atoms with van der Waals surface area (Å²) in [6.45, 7) is 6.63. The zero-order chi connectivity index (χ0) is 16.4. The van der Waals surface area contributed by atoms with Crippen molar-refractivity contribution in [1.29, 1.82) is 0 Å². The van der Waals surface area contributed by atoms with Crippen LogP contribution >= 0.6 is 0 Å². The maximum absolute atomic E-state index is 11.7. The molecule has 5 heteroatoms. The molecule has 0 unspecified atom stereocenters. The van der Waals surface area contributed by atoms with Crippen LogP contribution in [0, 0.1) is 0 Å². The summed E-state index contributed by atoms with van der Waals surface area (Å²) in [5.74, 6) is 0.0439. The summed E-state index contributed by atoms with van der Waals surface area (Å²) in [5, 5.41) is 5.58. The van der Waals surface area contributed by atoms with Crippen molar-refractivity contribution in [2.45, 2.75) is 71.3 Å². The molecule has 126 valence electrons. The Morgan fingerprint density at radius 3 is 2.59 bits per heavy atom. The molecule has 1 aliphatic carbocycles. The van der Waals surface area contributed by atoms with Crippen LogP contribution < -0.4 is 10.6 Å². The van der Waals surface area contributed by atoms with Gasteiger partial charge in [-0.15, -0.1) is 0 Å². The summed E-state index contributed by atoms with van der Waals surface area (Å²) in [6, 6.07) is 0. The second-order valence-corrected chi connectivity index (χ2v) is 6.74. The molecule has 22 heavy (non-hydrogen) atoms. The Hall–Kier alpha value is -1.52. The smallest absolute Gasteiger partial charge is 0.407 e. The second-order valence-electron chi connectivity index (χ2n) is 6.74. The zero-order valence-electron chi connectivity index (χ0n) is 14.2. The molecule has 5 nitrogen and oxygen atoms in total. The average Bonchev–Trinajstić information content (AvgIpc) is 2.43. The molecule has 0 aromatic rings. The Balaban J connectivity index is 2.01. The van der Waals surface area contributed by atoms with Gasteiger partial charge in [-0.3, -0.25) is 4.79 Å². The van der Waals surface area contributed by atoms with Gasteiger partial charge in [0.25, 0.3) is 0 Å². The number of allylic oxidation sites excluding steroid dienone is 1. The number of carbonyl (C=O) groups is 2. The Bertz CT molecular complexity index is 397. The molecule has 2 amide bonds. The monoisotopic (exact) mass is 310 g/mol. The summed E-state index contributed by atoms with van der Waals surface area (Å²) < 4.78 is 5.12. The van der Waals surface area contributed by atoms with E-state index >= 15 is 0 Å². The number of ether oxygens (including phenoxy) is 1. The Kier molecular flexibility index (Phi) is 7.99. The summed E-state index contributed by atoms with van der Waals surface area (Å²) in [6.07, 6.45) is 8.80.